The van der Waals surface area contributed by atoms with Gasteiger partial charge in [-0.2, -0.15) is 0 Å². The zero-order chi connectivity index (χ0) is 14.7. The molecule has 1 aliphatic rings. The molecule has 0 aliphatic carbocycles. The van der Waals surface area contributed by atoms with E-state index in [2.05, 4.69) is 16.8 Å². The fraction of sp³-hybridized carbons (Fsp3) is 0.733. The quantitative estimate of drug-likeness (QED) is 0.891. The number of nitrogens with zero attached hydrogens (tertiary/aromatic N) is 3. The highest BCUT2D eigenvalue weighted by Gasteiger charge is 2.19. The summed E-state index contributed by atoms with van der Waals surface area (Å²) in [6.07, 6.45) is 3.40. The molecule has 5 heteroatoms. The third-order valence-corrected chi connectivity index (χ3v) is 4.27. The first-order valence-corrected chi connectivity index (χ1v) is 7.40. The van der Waals surface area contributed by atoms with Crippen molar-refractivity contribution >= 4 is 0 Å². The van der Waals surface area contributed by atoms with Gasteiger partial charge in [0, 0.05) is 17.8 Å². The molecule has 1 atom stereocenters. The van der Waals surface area contributed by atoms with Crippen LogP contribution in [0.4, 0.5) is 0 Å². The average Bonchev–Trinajstić information content (AvgIpc) is 2.42. The molecule has 0 aromatic carbocycles. The van der Waals surface area contributed by atoms with E-state index in [9.17, 15) is 9.90 Å². The van der Waals surface area contributed by atoms with Crippen molar-refractivity contribution < 1.29 is 5.11 Å². The second-order valence-electron chi connectivity index (χ2n) is 6.05. The Kier molecular flexibility index (Phi) is 4.94. The lowest BCUT2D eigenvalue weighted by molar-refractivity contribution is 0.0792. The van der Waals surface area contributed by atoms with Crippen LogP contribution in [-0.4, -0.2) is 45.3 Å². The lowest BCUT2D eigenvalue weighted by Gasteiger charge is -2.31. The number of likely N-dealkylation sites (tertiary alicyclic amines) is 1. The molecule has 0 spiro atoms. The molecule has 0 saturated carbocycles. The summed E-state index contributed by atoms with van der Waals surface area (Å²) in [7, 11) is 0. The first-order chi connectivity index (χ1) is 9.47. The summed E-state index contributed by atoms with van der Waals surface area (Å²) in [5.74, 6) is 0.787. The average molecular weight is 279 g/mol. The van der Waals surface area contributed by atoms with Crippen molar-refractivity contribution in [2.75, 3.05) is 19.6 Å². The molecular formula is C15H25N3O2. The lowest BCUT2D eigenvalue weighted by Crippen LogP contribution is -2.41. The third kappa shape index (κ3) is 3.67. The van der Waals surface area contributed by atoms with E-state index >= 15 is 0 Å². The number of rotatable bonds is 4. The van der Waals surface area contributed by atoms with E-state index in [4.69, 9.17) is 0 Å². The molecule has 20 heavy (non-hydrogen) atoms. The standard InChI is InChI=1S/C15H25N3O2/c1-11-4-6-17(7-5-11)8-14(19)9-18-10-16-13(3)12(2)15(18)20/h10-11,14,19H,4-9H2,1-3H3/t14-/m0/s1. The van der Waals surface area contributed by atoms with Gasteiger partial charge in [-0.25, -0.2) is 4.98 Å². The van der Waals surface area contributed by atoms with E-state index in [-0.39, 0.29) is 5.56 Å². The van der Waals surface area contributed by atoms with Gasteiger partial charge in [-0.05, 0) is 45.7 Å². The van der Waals surface area contributed by atoms with Gasteiger partial charge in [-0.1, -0.05) is 6.92 Å². The molecule has 2 rings (SSSR count). The Morgan fingerprint density at radius 3 is 2.65 bits per heavy atom. The maximum absolute atomic E-state index is 12.1. The van der Waals surface area contributed by atoms with E-state index in [0.717, 1.165) is 24.7 Å². The van der Waals surface area contributed by atoms with Crippen LogP contribution in [0.3, 0.4) is 0 Å². The van der Waals surface area contributed by atoms with Gasteiger partial charge in [0.25, 0.3) is 5.56 Å². The molecule has 0 radical (unpaired) electrons. The second kappa shape index (κ2) is 6.50. The summed E-state index contributed by atoms with van der Waals surface area (Å²) in [4.78, 5) is 18.5. The molecule has 1 N–H and O–H groups in total. The highest BCUT2D eigenvalue weighted by atomic mass is 16.3. The van der Waals surface area contributed by atoms with Gasteiger partial charge in [0.1, 0.15) is 0 Å². The molecule has 1 aromatic heterocycles. The normalized spacial score (nSPS) is 19.2. The first kappa shape index (κ1) is 15.2. The monoisotopic (exact) mass is 279 g/mol. The van der Waals surface area contributed by atoms with Crippen LogP contribution in [0, 0.1) is 19.8 Å². The molecule has 1 aliphatic heterocycles. The largest absolute Gasteiger partial charge is 0.390 e. The molecule has 0 bridgehead atoms. The summed E-state index contributed by atoms with van der Waals surface area (Å²) in [6.45, 7) is 8.90. The number of piperidine rings is 1. The van der Waals surface area contributed by atoms with Gasteiger partial charge in [-0.3, -0.25) is 9.36 Å². The fourth-order valence-electron chi connectivity index (χ4n) is 2.63. The molecule has 1 fully saturated rings. The number of aliphatic hydroxyl groups is 1. The summed E-state index contributed by atoms with van der Waals surface area (Å²) in [5.41, 5.74) is 1.36. The van der Waals surface area contributed by atoms with Crippen LogP contribution in [0.15, 0.2) is 11.1 Å². The molecule has 0 unspecified atom stereocenters. The summed E-state index contributed by atoms with van der Waals surface area (Å²) in [5, 5.41) is 10.2. The van der Waals surface area contributed by atoms with E-state index in [0.29, 0.717) is 18.7 Å². The highest BCUT2D eigenvalue weighted by Crippen LogP contribution is 2.16. The Morgan fingerprint density at radius 1 is 1.35 bits per heavy atom. The minimum Gasteiger partial charge on any atom is -0.390 e. The number of hydrogen-bond acceptors (Lipinski definition) is 4. The van der Waals surface area contributed by atoms with Gasteiger partial charge in [0.2, 0.25) is 0 Å². The van der Waals surface area contributed by atoms with Gasteiger partial charge >= 0.3 is 0 Å². The predicted octanol–water partition coefficient (Wildman–Crippen LogP) is 0.953. The molecule has 112 valence electrons. The molecule has 1 saturated heterocycles. The number of aliphatic hydroxyl groups excluding tert-OH is 1. The summed E-state index contributed by atoms with van der Waals surface area (Å²) in [6, 6.07) is 0. The van der Waals surface area contributed by atoms with Crippen LogP contribution in [-0.2, 0) is 6.54 Å². The van der Waals surface area contributed by atoms with Gasteiger partial charge in [0.05, 0.1) is 19.0 Å². The summed E-state index contributed by atoms with van der Waals surface area (Å²) < 4.78 is 1.51. The van der Waals surface area contributed by atoms with Crippen molar-refractivity contribution in [2.45, 2.75) is 46.3 Å². The number of β-amino-alcohol motifs (C(OH)–C–C–N with tert-alkyl or cyclic N) is 1. The van der Waals surface area contributed by atoms with E-state index in [1.165, 1.54) is 23.7 Å². The SMILES string of the molecule is Cc1ncn(C[C@@H](O)CN2CCC(C)CC2)c(=O)c1C. The van der Waals surface area contributed by atoms with E-state index in [1.54, 1.807) is 6.92 Å². The maximum Gasteiger partial charge on any atom is 0.256 e. The fourth-order valence-corrected chi connectivity index (χ4v) is 2.63. The van der Waals surface area contributed by atoms with Crippen molar-refractivity contribution in [1.82, 2.24) is 14.5 Å². The zero-order valence-electron chi connectivity index (χ0n) is 12.7. The lowest BCUT2D eigenvalue weighted by atomic mass is 9.99. The van der Waals surface area contributed by atoms with Crippen molar-refractivity contribution in [3.8, 4) is 0 Å². The smallest absolute Gasteiger partial charge is 0.256 e. The Balaban J connectivity index is 1.93. The van der Waals surface area contributed by atoms with Crippen molar-refractivity contribution in [3.63, 3.8) is 0 Å². The number of aryl methyl sites for hydroxylation is 1. The van der Waals surface area contributed by atoms with Gasteiger partial charge in [-0.15, -0.1) is 0 Å². The number of aromatic nitrogens is 2. The van der Waals surface area contributed by atoms with Gasteiger partial charge < -0.3 is 10.0 Å². The molecule has 0 amide bonds. The maximum atomic E-state index is 12.1. The van der Waals surface area contributed by atoms with E-state index < -0.39 is 6.10 Å². The van der Waals surface area contributed by atoms with Crippen molar-refractivity contribution in [3.05, 3.63) is 27.9 Å². The molecule has 2 heterocycles. The zero-order valence-corrected chi connectivity index (χ0v) is 12.7. The Labute approximate surface area is 120 Å². The second-order valence-corrected chi connectivity index (χ2v) is 6.05. The number of hydrogen-bond donors (Lipinski definition) is 1. The van der Waals surface area contributed by atoms with Crippen LogP contribution in [0.1, 0.15) is 31.0 Å². The Bertz CT molecular complexity index is 504. The van der Waals surface area contributed by atoms with E-state index in [1.807, 2.05) is 6.92 Å². The predicted molar refractivity (Wildman–Crippen MR) is 78.8 cm³/mol. The minimum atomic E-state index is -0.523. The minimum absolute atomic E-state index is 0.0520. The highest BCUT2D eigenvalue weighted by molar-refractivity contribution is 5.12. The van der Waals surface area contributed by atoms with Crippen molar-refractivity contribution in [1.29, 1.82) is 0 Å². The Hall–Kier alpha value is -1.20. The van der Waals surface area contributed by atoms with Crippen LogP contribution in [0.25, 0.3) is 0 Å². The van der Waals surface area contributed by atoms with Crippen LogP contribution >= 0.6 is 0 Å². The topological polar surface area (TPSA) is 58.4 Å². The Morgan fingerprint density at radius 2 is 2.00 bits per heavy atom. The van der Waals surface area contributed by atoms with Crippen LogP contribution in [0.2, 0.25) is 0 Å². The third-order valence-electron chi connectivity index (χ3n) is 4.27. The molecule has 5 nitrogen and oxygen atoms in total. The van der Waals surface area contributed by atoms with Crippen LogP contribution in [0.5, 0.6) is 0 Å². The van der Waals surface area contributed by atoms with Gasteiger partial charge in [0.15, 0.2) is 0 Å². The molecule has 1 aromatic rings. The van der Waals surface area contributed by atoms with Crippen molar-refractivity contribution in [2.24, 2.45) is 5.92 Å². The first-order valence-electron chi connectivity index (χ1n) is 7.40. The molecular weight excluding hydrogens is 254 g/mol. The summed E-state index contributed by atoms with van der Waals surface area (Å²) >= 11 is 0. The van der Waals surface area contributed by atoms with Crippen LogP contribution < -0.4 is 5.56 Å².